The molecule has 1 amide bonds. The second-order valence-electron chi connectivity index (χ2n) is 7.32. The van der Waals surface area contributed by atoms with Gasteiger partial charge in [0.2, 0.25) is 0 Å². The Kier molecular flexibility index (Phi) is 5.64. The highest BCUT2D eigenvalue weighted by Crippen LogP contribution is 2.23. The number of ether oxygens (including phenoxy) is 1. The Morgan fingerprint density at radius 3 is 2.80 bits per heavy atom. The molecule has 1 aliphatic carbocycles. The average molecular weight is 364 g/mol. The number of hydrogen-bond acceptors (Lipinski definition) is 3. The Bertz CT molecular complexity index is 748. The van der Waals surface area contributed by atoms with Gasteiger partial charge in [-0.1, -0.05) is 25.4 Å². The van der Waals surface area contributed by atoms with Gasteiger partial charge in [0.1, 0.15) is 5.15 Å². The van der Waals surface area contributed by atoms with Gasteiger partial charge in [-0.3, -0.25) is 4.79 Å². The quantitative estimate of drug-likeness (QED) is 0.816. The van der Waals surface area contributed by atoms with Crippen LogP contribution in [0.2, 0.25) is 5.15 Å². The van der Waals surface area contributed by atoms with Gasteiger partial charge in [0, 0.05) is 24.5 Å². The first-order chi connectivity index (χ1) is 11.9. The molecule has 25 heavy (non-hydrogen) atoms. The molecule has 2 aromatic rings. The minimum Gasteiger partial charge on any atom is -0.378 e. The normalized spacial score (nSPS) is 21.0. The maximum Gasteiger partial charge on any atom is 0.255 e. The zero-order valence-electron chi connectivity index (χ0n) is 15.1. The van der Waals surface area contributed by atoms with E-state index in [1.54, 1.807) is 12.1 Å². The molecular weight excluding hydrogens is 338 g/mol. The summed E-state index contributed by atoms with van der Waals surface area (Å²) in [5, 5.41) is 3.55. The first-order valence-electron chi connectivity index (χ1n) is 9.00. The van der Waals surface area contributed by atoms with Crippen LogP contribution >= 0.6 is 11.6 Å². The Morgan fingerprint density at radius 1 is 1.40 bits per heavy atom. The zero-order valence-corrected chi connectivity index (χ0v) is 15.8. The Balaban J connectivity index is 1.60. The number of rotatable bonds is 5. The summed E-state index contributed by atoms with van der Waals surface area (Å²) in [7, 11) is 0. The van der Waals surface area contributed by atoms with Crippen molar-refractivity contribution in [1.82, 2.24) is 14.7 Å². The monoisotopic (exact) mass is 363 g/mol. The van der Waals surface area contributed by atoms with E-state index in [0.29, 0.717) is 28.4 Å². The fourth-order valence-corrected chi connectivity index (χ4v) is 3.58. The van der Waals surface area contributed by atoms with Crippen LogP contribution in [0.15, 0.2) is 18.3 Å². The van der Waals surface area contributed by atoms with E-state index in [4.69, 9.17) is 16.3 Å². The van der Waals surface area contributed by atoms with Gasteiger partial charge < -0.3 is 14.5 Å². The van der Waals surface area contributed by atoms with Crippen molar-refractivity contribution < 1.29 is 9.53 Å². The molecule has 0 atom stereocenters. The van der Waals surface area contributed by atoms with Gasteiger partial charge in [-0.2, -0.15) is 0 Å². The van der Waals surface area contributed by atoms with E-state index in [0.717, 1.165) is 38.0 Å². The summed E-state index contributed by atoms with van der Waals surface area (Å²) in [6.45, 7) is 7.08. The smallest absolute Gasteiger partial charge is 0.255 e. The fraction of sp³-hybridized carbons (Fsp3) is 0.579. The molecule has 1 N–H and O–H groups in total. The summed E-state index contributed by atoms with van der Waals surface area (Å²) in [4.78, 5) is 17.0. The molecule has 6 heteroatoms. The highest BCUT2D eigenvalue weighted by molar-refractivity contribution is 6.29. The lowest BCUT2D eigenvalue weighted by molar-refractivity contribution is 0.00860. The summed E-state index contributed by atoms with van der Waals surface area (Å²) in [5.74, 6) is 0.478. The minimum atomic E-state index is -0.0804. The number of aromatic nitrogens is 2. The van der Waals surface area contributed by atoms with E-state index in [-0.39, 0.29) is 11.9 Å². The molecule has 3 rings (SSSR count). The van der Waals surface area contributed by atoms with Crippen LogP contribution in [0.4, 0.5) is 0 Å². The number of nitrogens with one attached hydrogen (secondary N) is 1. The van der Waals surface area contributed by atoms with Gasteiger partial charge in [0.15, 0.2) is 5.65 Å². The van der Waals surface area contributed by atoms with E-state index in [9.17, 15) is 4.79 Å². The van der Waals surface area contributed by atoms with Crippen LogP contribution in [0.1, 0.15) is 55.6 Å². The predicted molar refractivity (Wildman–Crippen MR) is 99.2 cm³/mol. The van der Waals surface area contributed by atoms with Crippen molar-refractivity contribution in [3.05, 3.63) is 34.7 Å². The Morgan fingerprint density at radius 2 is 2.12 bits per heavy atom. The van der Waals surface area contributed by atoms with E-state index in [1.165, 1.54) is 0 Å². The average Bonchev–Trinajstić information content (AvgIpc) is 2.98. The first-order valence-corrected chi connectivity index (χ1v) is 9.38. The van der Waals surface area contributed by atoms with E-state index in [1.807, 2.05) is 17.5 Å². The predicted octanol–water partition coefficient (Wildman–Crippen LogP) is 4.01. The van der Waals surface area contributed by atoms with Crippen molar-refractivity contribution in [2.45, 2.75) is 58.6 Å². The Hall–Kier alpha value is -1.59. The molecule has 2 aromatic heterocycles. The minimum absolute atomic E-state index is 0.0804. The maximum atomic E-state index is 12.7. The molecule has 2 heterocycles. The molecule has 0 saturated heterocycles. The largest absolute Gasteiger partial charge is 0.378 e. The van der Waals surface area contributed by atoms with Gasteiger partial charge in [-0.05, 0) is 50.7 Å². The van der Waals surface area contributed by atoms with E-state index in [2.05, 4.69) is 24.1 Å². The molecule has 0 radical (unpaired) electrons. The lowest BCUT2D eigenvalue weighted by atomic mass is 9.92. The molecule has 1 aliphatic rings. The molecule has 136 valence electrons. The fourth-order valence-electron chi connectivity index (χ4n) is 3.34. The van der Waals surface area contributed by atoms with Crippen molar-refractivity contribution >= 4 is 23.2 Å². The lowest BCUT2D eigenvalue weighted by Gasteiger charge is -2.29. The summed E-state index contributed by atoms with van der Waals surface area (Å²) in [6.07, 6.45) is 6.09. The summed E-state index contributed by atoms with van der Waals surface area (Å²) < 4.78 is 7.80. The summed E-state index contributed by atoms with van der Waals surface area (Å²) in [5.41, 5.74) is 2.14. The van der Waals surface area contributed by atoms with E-state index < -0.39 is 0 Å². The molecule has 1 saturated carbocycles. The number of aryl methyl sites for hydroxylation is 1. The number of nitrogens with zero attached hydrogens (tertiary/aromatic N) is 2. The molecular formula is C19H26ClN3O2. The molecule has 0 spiro atoms. The number of fused-ring (bicyclic) bond motifs is 1. The van der Waals surface area contributed by atoms with Crippen LogP contribution in [0.5, 0.6) is 0 Å². The molecule has 1 fully saturated rings. The number of carbonyl (C=O) groups excluding carboxylic acids is 1. The summed E-state index contributed by atoms with van der Waals surface area (Å²) in [6, 6.07) is 3.79. The third kappa shape index (κ3) is 4.33. The SMILES string of the molecule is Cc1cc(Cl)nc2c(C(=O)N[C@H]3CC[C@H](OCC(C)C)CC3)ccn12. The lowest BCUT2D eigenvalue weighted by Crippen LogP contribution is -2.39. The summed E-state index contributed by atoms with van der Waals surface area (Å²) >= 11 is 6.05. The standard InChI is InChI=1S/C19H26ClN3O2/c1-12(2)11-25-15-6-4-14(5-7-15)21-19(24)16-8-9-23-13(3)10-17(20)22-18(16)23/h8-10,12,14-15H,4-7,11H2,1-3H3,(H,21,24)/t14-,15-. The molecule has 5 nitrogen and oxygen atoms in total. The van der Waals surface area contributed by atoms with Crippen molar-refractivity contribution in [2.24, 2.45) is 5.92 Å². The van der Waals surface area contributed by atoms with Gasteiger partial charge in [0.25, 0.3) is 5.91 Å². The van der Waals surface area contributed by atoms with Crippen LogP contribution < -0.4 is 5.32 Å². The van der Waals surface area contributed by atoms with Crippen molar-refractivity contribution in [1.29, 1.82) is 0 Å². The van der Waals surface area contributed by atoms with Gasteiger partial charge in [0.05, 0.1) is 11.7 Å². The topological polar surface area (TPSA) is 55.6 Å². The van der Waals surface area contributed by atoms with Crippen LogP contribution in [0.3, 0.4) is 0 Å². The Labute approximate surface area is 153 Å². The van der Waals surface area contributed by atoms with Gasteiger partial charge in [-0.15, -0.1) is 0 Å². The maximum absolute atomic E-state index is 12.7. The number of halogens is 1. The zero-order chi connectivity index (χ0) is 18.0. The third-order valence-electron chi connectivity index (χ3n) is 4.70. The second kappa shape index (κ2) is 7.75. The number of hydrogen-bond donors (Lipinski definition) is 1. The van der Waals surface area contributed by atoms with E-state index >= 15 is 0 Å². The van der Waals surface area contributed by atoms with Crippen LogP contribution in [0, 0.1) is 12.8 Å². The van der Waals surface area contributed by atoms with Gasteiger partial charge in [-0.25, -0.2) is 4.98 Å². The molecule has 0 unspecified atom stereocenters. The molecule has 0 aromatic carbocycles. The number of amides is 1. The highest BCUT2D eigenvalue weighted by Gasteiger charge is 2.24. The second-order valence-corrected chi connectivity index (χ2v) is 7.70. The van der Waals surface area contributed by atoms with Gasteiger partial charge >= 0.3 is 0 Å². The third-order valence-corrected chi connectivity index (χ3v) is 4.89. The van der Waals surface area contributed by atoms with Crippen LogP contribution in [-0.4, -0.2) is 34.0 Å². The molecule has 0 bridgehead atoms. The van der Waals surface area contributed by atoms with Crippen molar-refractivity contribution in [2.75, 3.05) is 6.61 Å². The van der Waals surface area contributed by atoms with Crippen LogP contribution in [0.25, 0.3) is 5.65 Å². The number of carbonyl (C=O) groups is 1. The first kappa shape index (κ1) is 18.2. The highest BCUT2D eigenvalue weighted by atomic mass is 35.5. The van der Waals surface area contributed by atoms with Crippen molar-refractivity contribution in [3.8, 4) is 0 Å². The van der Waals surface area contributed by atoms with Crippen molar-refractivity contribution in [3.63, 3.8) is 0 Å². The molecule has 0 aliphatic heterocycles. The van der Waals surface area contributed by atoms with Crippen LogP contribution in [-0.2, 0) is 4.74 Å².